The number of aryl methyl sites for hydroxylation is 2. The van der Waals surface area contributed by atoms with Gasteiger partial charge >= 0.3 is 0 Å². The van der Waals surface area contributed by atoms with E-state index in [-0.39, 0.29) is 10.6 Å². The molecule has 2 aromatic heterocycles. The van der Waals surface area contributed by atoms with E-state index < -0.39 is 0 Å². The van der Waals surface area contributed by atoms with Crippen molar-refractivity contribution in [3.8, 4) is 11.3 Å². The lowest BCUT2D eigenvalue weighted by Gasteiger charge is -1.99. The Hall–Kier alpha value is -2.69. The lowest BCUT2D eigenvalue weighted by molar-refractivity contribution is -0.385. The summed E-state index contributed by atoms with van der Waals surface area (Å²) < 4.78 is 1.70. The summed E-state index contributed by atoms with van der Waals surface area (Å²) in [4.78, 5) is 15.1. The quantitative estimate of drug-likeness (QED) is 0.527. The van der Waals surface area contributed by atoms with Crippen molar-refractivity contribution in [1.82, 2.24) is 9.38 Å². The van der Waals surface area contributed by atoms with E-state index in [0.29, 0.717) is 11.2 Å². The minimum Gasteiger partial charge on any atom is -0.300 e. The minimum absolute atomic E-state index is 0.103. The molecule has 1 aromatic carbocycles. The molecule has 20 heavy (non-hydrogen) atoms. The van der Waals surface area contributed by atoms with Crippen LogP contribution in [0.2, 0.25) is 0 Å². The van der Waals surface area contributed by atoms with E-state index in [1.54, 1.807) is 17.4 Å². The maximum Gasteiger partial charge on any atom is 0.288 e. The van der Waals surface area contributed by atoms with Crippen molar-refractivity contribution in [2.45, 2.75) is 13.8 Å². The van der Waals surface area contributed by atoms with Crippen LogP contribution in [-0.4, -0.2) is 14.3 Å². The summed E-state index contributed by atoms with van der Waals surface area (Å²) in [7, 11) is 0. The molecule has 0 atom stereocenters. The van der Waals surface area contributed by atoms with Crippen LogP contribution in [0.15, 0.2) is 42.7 Å². The van der Waals surface area contributed by atoms with E-state index in [4.69, 9.17) is 0 Å². The van der Waals surface area contributed by atoms with Crippen LogP contribution in [0.25, 0.3) is 16.9 Å². The van der Waals surface area contributed by atoms with Crippen LogP contribution >= 0.6 is 0 Å². The van der Waals surface area contributed by atoms with Gasteiger partial charge < -0.3 is 0 Å². The average molecular weight is 267 g/mol. The number of nitrogens with zero attached hydrogens (tertiary/aromatic N) is 3. The molecule has 5 heteroatoms. The molecule has 0 radical (unpaired) electrons. The van der Waals surface area contributed by atoms with Crippen LogP contribution in [0.3, 0.4) is 0 Å². The van der Waals surface area contributed by atoms with E-state index in [1.165, 1.54) is 6.20 Å². The van der Waals surface area contributed by atoms with E-state index in [9.17, 15) is 10.1 Å². The Bertz CT molecular complexity index is 821. The molecule has 3 rings (SSSR count). The second kappa shape index (κ2) is 4.45. The van der Waals surface area contributed by atoms with Gasteiger partial charge in [-0.15, -0.1) is 0 Å². The lowest BCUT2D eigenvalue weighted by Crippen LogP contribution is -1.94. The topological polar surface area (TPSA) is 60.4 Å². The standard InChI is InChI=1S/C15H13N3O2/c1-10-5-3-4-6-12(10)13-8-17-9-14(18(19)20)11(2)7-15(17)16-13/h3-9H,1-2H3. The van der Waals surface area contributed by atoms with Crippen LogP contribution in [0.4, 0.5) is 5.69 Å². The number of pyridine rings is 1. The molecule has 0 saturated carbocycles. The van der Waals surface area contributed by atoms with Crippen LogP contribution in [-0.2, 0) is 0 Å². The van der Waals surface area contributed by atoms with Crippen LogP contribution in [0.5, 0.6) is 0 Å². The first-order valence-corrected chi connectivity index (χ1v) is 6.26. The highest BCUT2D eigenvalue weighted by Gasteiger charge is 2.14. The Kier molecular flexibility index (Phi) is 2.75. The highest BCUT2D eigenvalue weighted by atomic mass is 16.6. The normalized spacial score (nSPS) is 10.9. The molecular weight excluding hydrogens is 254 g/mol. The molecule has 2 heterocycles. The number of aromatic nitrogens is 2. The van der Waals surface area contributed by atoms with Gasteiger partial charge in [0.2, 0.25) is 0 Å². The van der Waals surface area contributed by atoms with Crippen LogP contribution in [0.1, 0.15) is 11.1 Å². The molecule has 0 aliphatic carbocycles. The summed E-state index contributed by atoms with van der Waals surface area (Å²) in [6, 6.07) is 9.69. The molecule has 5 nitrogen and oxygen atoms in total. The third-order valence-electron chi connectivity index (χ3n) is 3.39. The third kappa shape index (κ3) is 1.93. The van der Waals surface area contributed by atoms with Gasteiger partial charge in [-0.1, -0.05) is 24.3 Å². The molecule has 0 aliphatic rings. The molecule has 0 amide bonds. The highest BCUT2D eigenvalue weighted by Crippen LogP contribution is 2.25. The predicted octanol–water partition coefficient (Wildman–Crippen LogP) is 3.53. The molecule has 0 N–H and O–H groups in total. The van der Waals surface area contributed by atoms with Gasteiger partial charge in [0, 0.05) is 17.3 Å². The molecule has 0 bridgehead atoms. The Morgan fingerprint density at radius 1 is 1.15 bits per heavy atom. The van der Waals surface area contributed by atoms with Crippen molar-refractivity contribution in [3.63, 3.8) is 0 Å². The Morgan fingerprint density at radius 2 is 1.90 bits per heavy atom. The maximum atomic E-state index is 11.0. The third-order valence-corrected chi connectivity index (χ3v) is 3.39. The van der Waals surface area contributed by atoms with Crippen molar-refractivity contribution in [1.29, 1.82) is 0 Å². The molecule has 0 spiro atoms. The highest BCUT2D eigenvalue weighted by molar-refractivity contribution is 5.66. The summed E-state index contributed by atoms with van der Waals surface area (Å²) in [5.41, 5.74) is 4.42. The zero-order valence-electron chi connectivity index (χ0n) is 11.2. The summed E-state index contributed by atoms with van der Waals surface area (Å²) >= 11 is 0. The molecule has 0 saturated heterocycles. The Morgan fingerprint density at radius 3 is 2.60 bits per heavy atom. The monoisotopic (exact) mass is 267 g/mol. The van der Waals surface area contributed by atoms with Gasteiger partial charge in [0.05, 0.1) is 16.8 Å². The second-order valence-electron chi connectivity index (χ2n) is 4.81. The maximum absolute atomic E-state index is 11.0. The first-order valence-electron chi connectivity index (χ1n) is 6.26. The predicted molar refractivity (Wildman–Crippen MR) is 76.8 cm³/mol. The Balaban J connectivity index is 2.21. The van der Waals surface area contributed by atoms with Gasteiger partial charge in [0.25, 0.3) is 5.69 Å². The van der Waals surface area contributed by atoms with Crippen LogP contribution < -0.4 is 0 Å². The average Bonchev–Trinajstić information content (AvgIpc) is 2.80. The summed E-state index contributed by atoms with van der Waals surface area (Å²) in [5.74, 6) is 0. The first-order chi connectivity index (χ1) is 9.56. The van der Waals surface area contributed by atoms with Crippen molar-refractivity contribution in [2.75, 3.05) is 0 Å². The van der Waals surface area contributed by atoms with Crippen molar-refractivity contribution in [2.24, 2.45) is 0 Å². The van der Waals surface area contributed by atoms with Crippen molar-refractivity contribution in [3.05, 3.63) is 64.0 Å². The fourth-order valence-electron chi connectivity index (χ4n) is 2.30. The van der Waals surface area contributed by atoms with Gasteiger partial charge in [-0.2, -0.15) is 0 Å². The Labute approximate surface area is 115 Å². The molecule has 0 fully saturated rings. The fraction of sp³-hybridized carbons (Fsp3) is 0.133. The lowest BCUT2D eigenvalue weighted by atomic mass is 10.1. The van der Waals surface area contributed by atoms with E-state index >= 15 is 0 Å². The van der Waals surface area contributed by atoms with E-state index in [2.05, 4.69) is 4.98 Å². The summed E-state index contributed by atoms with van der Waals surface area (Å²) in [6.45, 7) is 3.74. The minimum atomic E-state index is -0.373. The number of imidazole rings is 1. The van der Waals surface area contributed by atoms with E-state index in [0.717, 1.165) is 16.8 Å². The van der Waals surface area contributed by atoms with Crippen molar-refractivity contribution >= 4 is 11.3 Å². The molecule has 0 aliphatic heterocycles. The largest absolute Gasteiger partial charge is 0.300 e. The van der Waals surface area contributed by atoms with Crippen LogP contribution in [0, 0.1) is 24.0 Å². The number of hydrogen-bond acceptors (Lipinski definition) is 3. The first kappa shape index (κ1) is 12.3. The van der Waals surface area contributed by atoms with Gasteiger partial charge in [-0.25, -0.2) is 4.98 Å². The summed E-state index contributed by atoms with van der Waals surface area (Å²) in [6.07, 6.45) is 3.34. The van der Waals surface area contributed by atoms with E-state index in [1.807, 2.05) is 37.4 Å². The summed E-state index contributed by atoms with van der Waals surface area (Å²) in [5, 5.41) is 11.0. The number of hydrogen-bond donors (Lipinski definition) is 0. The number of nitro groups is 1. The van der Waals surface area contributed by atoms with Gasteiger partial charge in [0.1, 0.15) is 5.65 Å². The molecule has 100 valence electrons. The number of rotatable bonds is 2. The number of fused-ring (bicyclic) bond motifs is 1. The molecule has 0 unspecified atom stereocenters. The molecule has 3 aromatic rings. The van der Waals surface area contributed by atoms with Crippen molar-refractivity contribution < 1.29 is 4.92 Å². The SMILES string of the molecule is Cc1ccccc1-c1cn2cc([N+](=O)[O-])c(C)cc2n1. The fourth-order valence-corrected chi connectivity index (χ4v) is 2.30. The zero-order chi connectivity index (χ0) is 14.3. The van der Waals surface area contributed by atoms with Gasteiger partial charge in [-0.3, -0.25) is 14.5 Å². The smallest absolute Gasteiger partial charge is 0.288 e. The molecular formula is C15H13N3O2. The number of benzene rings is 1. The second-order valence-corrected chi connectivity index (χ2v) is 4.81. The zero-order valence-corrected chi connectivity index (χ0v) is 11.2. The van der Waals surface area contributed by atoms with Gasteiger partial charge in [0.15, 0.2) is 0 Å². The van der Waals surface area contributed by atoms with Gasteiger partial charge in [-0.05, 0) is 25.5 Å².